The third-order valence-corrected chi connectivity index (χ3v) is 3.26. The maximum Gasteiger partial charge on any atom is 0.138 e. The molecule has 0 aliphatic heterocycles. The van der Waals surface area contributed by atoms with Crippen molar-refractivity contribution >= 4 is 11.0 Å². The molecule has 1 aromatic heterocycles. The Morgan fingerprint density at radius 3 is 2.63 bits per heavy atom. The maximum absolute atomic E-state index is 6.04. The minimum absolute atomic E-state index is 0.833. The van der Waals surface area contributed by atoms with E-state index in [1.807, 2.05) is 24.3 Å². The zero-order chi connectivity index (χ0) is 13.2. The standard InChI is InChI=1S/C18H16O/c1-3-7-15-10-13(2)11-16-12-17(19-18(15)16)14-8-5-4-6-9-14/h3-6,8-12H,1,7H2,2H3. The van der Waals surface area contributed by atoms with Gasteiger partial charge in [-0.05, 0) is 36.6 Å². The van der Waals surface area contributed by atoms with Gasteiger partial charge in [0.1, 0.15) is 11.3 Å². The van der Waals surface area contributed by atoms with Gasteiger partial charge >= 0.3 is 0 Å². The Hall–Kier alpha value is -2.28. The molecule has 2 aromatic carbocycles. The van der Waals surface area contributed by atoms with Gasteiger partial charge in [-0.2, -0.15) is 0 Å². The Bertz CT molecular complexity index is 720. The molecule has 0 fully saturated rings. The Labute approximate surface area is 113 Å². The van der Waals surface area contributed by atoms with E-state index >= 15 is 0 Å². The van der Waals surface area contributed by atoms with Crippen LogP contribution in [-0.2, 0) is 6.42 Å². The van der Waals surface area contributed by atoms with Gasteiger partial charge in [0, 0.05) is 10.9 Å². The average Bonchev–Trinajstić information content (AvgIpc) is 2.84. The lowest BCUT2D eigenvalue weighted by molar-refractivity contribution is 0.627. The first-order valence-electron chi connectivity index (χ1n) is 6.47. The highest BCUT2D eigenvalue weighted by molar-refractivity contribution is 5.86. The lowest BCUT2D eigenvalue weighted by Gasteiger charge is -2.00. The summed E-state index contributed by atoms with van der Waals surface area (Å²) in [5.41, 5.74) is 4.54. The molecule has 0 aliphatic rings. The summed E-state index contributed by atoms with van der Waals surface area (Å²) >= 11 is 0. The molecule has 0 bridgehead atoms. The number of rotatable bonds is 3. The van der Waals surface area contributed by atoms with Crippen molar-refractivity contribution in [2.24, 2.45) is 0 Å². The van der Waals surface area contributed by atoms with Crippen molar-refractivity contribution in [1.29, 1.82) is 0 Å². The van der Waals surface area contributed by atoms with Crippen molar-refractivity contribution in [2.75, 3.05) is 0 Å². The van der Waals surface area contributed by atoms with Crippen molar-refractivity contribution in [3.63, 3.8) is 0 Å². The Morgan fingerprint density at radius 2 is 1.89 bits per heavy atom. The third-order valence-electron chi connectivity index (χ3n) is 3.26. The SMILES string of the molecule is C=CCc1cc(C)cc2cc(-c3ccccc3)oc12. The Morgan fingerprint density at radius 1 is 1.11 bits per heavy atom. The van der Waals surface area contributed by atoms with Crippen LogP contribution in [0.2, 0.25) is 0 Å². The van der Waals surface area contributed by atoms with Crippen LogP contribution in [0.25, 0.3) is 22.3 Å². The van der Waals surface area contributed by atoms with E-state index in [0.29, 0.717) is 0 Å². The quantitative estimate of drug-likeness (QED) is 0.585. The van der Waals surface area contributed by atoms with Gasteiger partial charge in [0.15, 0.2) is 0 Å². The second-order valence-corrected chi connectivity index (χ2v) is 4.81. The average molecular weight is 248 g/mol. The van der Waals surface area contributed by atoms with Crippen molar-refractivity contribution in [3.8, 4) is 11.3 Å². The van der Waals surface area contributed by atoms with Gasteiger partial charge in [0.25, 0.3) is 0 Å². The first-order valence-corrected chi connectivity index (χ1v) is 6.47. The molecule has 94 valence electrons. The normalized spacial score (nSPS) is 10.8. The van der Waals surface area contributed by atoms with Crippen LogP contribution in [0.4, 0.5) is 0 Å². The Kier molecular flexibility index (Phi) is 2.96. The largest absolute Gasteiger partial charge is 0.456 e. The van der Waals surface area contributed by atoms with Gasteiger partial charge in [0.05, 0.1) is 0 Å². The molecular weight excluding hydrogens is 232 g/mol. The van der Waals surface area contributed by atoms with Gasteiger partial charge in [-0.15, -0.1) is 6.58 Å². The summed E-state index contributed by atoms with van der Waals surface area (Å²) in [5, 5.41) is 1.16. The molecule has 0 saturated heterocycles. The molecule has 0 radical (unpaired) electrons. The smallest absolute Gasteiger partial charge is 0.138 e. The fourth-order valence-corrected chi connectivity index (χ4v) is 2.44. The van der Waals surface area contributed by atoms with Crippen LogP contribution < -0.4 is 0 Å². The zero-order valence-electron chi connectivity index (χ0n) is 11.0. The summed E-state index contributed by atoms with van der Waals surface area (Å²) in [5.74, 6) is 0.923. The van der Waals surface area contributed by atoms with Crippen LogP contribution in [0.1, 0.15) is 11.1 Å². The minimum Gasteiger partial charge on any atom is -0.456 e. The van der Waals surface area contributed by atoms with Gasteiger partial charge in [-0.1, -0.05) is 42.5 Å². The molecule has 3 rings (SSSR count). The van der Waals surface area contributed by atoms with Crippen LogP contribution >= 0.6 is 0 Å². The number of benzene rings is 2. The highest BCUT2D eigenvalue weighted by Gasteiger charge is 2.09. The molecule has 1 heteroatoms. The topological polar surface area (TPSA) is 13.1 Å². The third kappa shape index (κ3) is 2.19. The number of aryl methyl sites for hydroxylation is 1. The van der Waals surface area contributed by atoms with Gasteiger partial charge in [-0.3, -0.25) is 0 Å². The van der Waals surface area contributed by atoms with Crippen molar-refractivity contribution in [1.82, 2.24) is 0 Å². The number of hydrogen-bond acceptors (Lipinski definition) is 1. The van der Waals surface area contributed by atoms with E-state index in [2.05, 4.69) is 43.8 Å². The summed E-state index contributed by atoms with van der Waals surface area (Å²) in [7, 11) is 0. The minimum atomic E-state index is 0.833. The van der Waals surface area contributed by atoms with Crippen molar-refractivity contribution in [2.45, 2.75) is 13.3 Å². The molecule has 19 heavy (non-hydrogen) atoms. The number of hydrogen-bond donors (Lipinski definition) is 0. The molecule has 0 saturated carbocycles. The molecule has 0 atom stereocenters. The van der Waals surface area contributed by atoms with E-state index < -0.39 is 0 Å². The van der Waals surface area contributed by atoms with Crippen LogP contribution in [0, 0.1) is 6.92 Å². The molecular formula is C18H16O. The number of allylic oxidation sites excluding steroid dienone is 1. The van der Waals surface area contributed by atoms with Crippen LogP contribution in [0.5, 0.6) is 0 Å². The van der Waals surface area contributed by atoms with E-state index in [-0.39, 0.29) is 0 Å². The van der Waals surface area contributed by atoms with E-state index in [0.717, 1.165) is 28.7 Å². The first-order chi connectivity index (χ1) is 9.28. The lowest BCUT2D eigenvalue weighted by atomic mass is 10.1. The monoisotopic (exact) mass is 248 g/mol. The molecule has 0 aliphatic carbocycles. The lowest BCUT2D eigenvalue weighted by Crippen LogP contribution is -1.83. The van der Waals surface area contributed by atoms with E-state index in [1.165, 1.54) is 11.1 Å². The molecule has 0 amide bonds. The first kappa shape index (κ1) is 11.8. The van der Waals surface area contributed by atoms with Crippen molar-refractivity contribution < 1.29 is 4.42 Å². The van der Waals surface area contributed by atoms with E-state index in [9.17, 15) is 0 Å². The number of fused-ring (bicyclic) bond motifs is 1. The van der Waals surface area contributed by atoms with Crippen LogP contribution in [-0.4, -0.2) is 0 Å². The fraction of sp³-hybridized carbons (Fsp3) is 0.111. The van der Waals surface area contributed by atoms with E-state index in [1.54, 1.807) is 0 Å². The molecule has 1 nitrogen and oxygen atoms in total. The summed E-state index contributed by atoms with van der Waals surface area (Å²) in [6.07, 6.45) is 2.75. The van der Waals surface area contributed by atoms with E-state index in [4.69, 9.17) is 4.42 Å². The fourth-order valence-electron chi connectivity index (χ4n) is 2.44. The second kappa shape index (κ2) is 4.77. The summed E-state index contributed by atoms with van der Waals surface area (Å²) in [4.78, 5) is 0. The molecule has 3 aromatic rings. The van der Waals surface area contributed by atoms with Gasteiger partial charge in [-0.25, -0.2) is 0 Å². The highest BCUT2D eigenvalue weighted by Crippen LogP contribution is 2.31. The highest BCUT2D eigenvalue weighted by atomic mass is 16.3. The predicted molar refractivity (Wildman–Crippen MR) is 80.3 cm³/mol. The summed E-state index contributed by atoms with van der Waals surface area (Å²) in [6.45, 7) is 5.93. The molecule has 0 unspecified atom stereocenters. The van der Waals surface area contributed by atoms with Crippen LogP contribution in [0.3, 0.4) is 0 Å². The van der Waals surface area contributed by atoms with Gasteiger partial charge in [0.2, 0.25) is 0 Å². The molecule has 0 N–H and O–H groups in total. The molecule has 0 spiro atoms. The Balaban J connectivity index is 2.20. The number of furan rings is 1. The predicted octanol–water partition coefficient (Wildman–Crippen LogP) is 5.14. The zero-order valence-corrected chi connectivity index (χ0v) is 11.0. The molecule has 1 heterocycles. The van der Waals surface area contributed by atoms with Gasteiger partial charge < -0.3 is 4.42 Å². The van der Waals surface area contributed by atoms with Crippen LogP contribution in [0.15, 0.2) is 65.6 Å². The maximum atomic E-state index is 6.04. The van der Waals surface area contributed by atoms with Crippen molar-refractivity contribution in [3.05, 3.63) is 72.3 Å². The summed E-state index contributed by atoms with van der Waals surface area (Å²) < 4.78 is 6.04. The summed E-state index contributed by atoms with van der Waals surface area (Å²) in [6, 6.07) is 16.6. The second-order valence-electron chi connectivity index (χ2n) is 4.81.